The number of rotatable bonds is 5. The fourth-order valence-corrected chi connectivity index (χ4v) is 2.77. The van der Waals surface area contributed by atoms with Gasteiger partial charge in [-0.1, -0.05) is 40.9 Å². The molecule has 2 aromatic carbocycles. The van der Waals surface area contributed by atoms with E-state index in [1.165, 1.54) is 11.1 Å². The molecule has 0 atom stereocenters. The molecular formula is C17H18Cl2O2. The van der Waals surface area contributed by atoms with Crippen molar-refractivity contribution in [1.82, 2.24) is 0 Å². The average molecular weight is 325 g/mol. The van der Waals surface area contributed by atoms with Crippen LogP contribution in [0.2, 0.25) is 5.02 Å². The largest absolute Gasteiger partial charge is 0.493 e. The summed E-state index contributed by atoms with van der Waals surface area (Å²) in [6.45, 7) is 4.61. The first-order chi connectivity index (χ1) is 10.0. The van der Waals surface area contributed by atoms with Crippen LogP contribution in [0.5, 0.6) is 11.5 Å². The maximum atomic E-state index is 6.04. The van der Waals surface area contributed by atoms with E-state index in [4.69, 9.17) is 32.7 Å². The molecule has 0 saturated heterocycles. The van der Waals surface area contributed by atoms with Crippen LogP contribution in [0.4, 0.5) is 0 Å². The van der Waals surface area contributed by atoms with Crippen molar-refractivity contribution < 1.29 is 9.47 Å². The smallest absolute Gasteiger partial charge is 0.166 e. The number of alkyl halides is 1. The van der Waals surface area contributed by atoms with Gasteiger partial charge in [0.05, 0.1) is 13.0 Å². The number of methoxy groups -OCH3 is 1. The Labute approximate surface area is 135 Å². The topological polar surface area (TPSA) is 18.5 Å². The van der Waals surface area contributed by atoms with Crippen molar-refractivity contribution in [3.63, 3.8) is 0 Å². The van der Waals surface area contributed by atoms with E-state index < -0.39 is 0 Å². The van der Waals surface area contributed by atoms with E-state index in [1.54, 1.807) is 19.2 Å². The zero-order valence-corrected chi connectivity index (χ0v) is 13.9. The van der Waals surface area contributed by atoms with Crippen LogP contribution in [0.15, 0.2) is 30.3 Å². The molecule has 2 rings (SSSR count). The van der Waals surface area contributed by atoms with Gasteiger partial charge in [-0.25, -0.2) is 0 Å². The van der Waals surface area contributed by atoms with Gasteiger partial charge in [0.25, 0.3) is 0 Å². The first-order valence-electron chi connectivity index (χ1n) is 6.66. The summed E-state index contributed by atoms with van der Waals surface area (Å²) in [5.74, 6) is 1.57. The number of hydrogen-bond donors (Lipinski definition) is 0. The van der Waals surface area contributed by atoms with Gasteiger partial charge in [-0.3, -0.25) is 0 Å². The Morgan fingerprint density at radius 2 is 1.67 bits per heavy atom. The second-order valence-electron chi connectivity index (χ2n) is 5.01. The van der Waals surface area contributed by atoms with Crippen molar-refractivity contribution >= 4 is 23.2 Å². The van der Waals surface area contributed by atoms with Crippen LogP contribution >= 0.6 is 23.2 Å². The van der Waals surface area contributed by atoms with Crippen LogP contribution in [0.1, 0.15) is 22.3 Å². The SMILES string of the molecule is COc1cc(Cl)cc(CCl)c1OCc1cc(C)cc(C)c1. The van der Waals surface area contributed by atoms with E-state index in [2.05, 4.69) is 32.0 Å². The van der Waals surface area contributed by atoms with Crippen LogP contribution in [0, 0.1) is 13.8 Å². The van der Waals surface area contributed by atoms with E-state index in [0.29, 0.717) is 29.0 Å². The highest BCUT2D eigenvalue weighted by atomic mass is 35.5. The van der Waals surface area contributed by atoms with Crippen molar-refractivity contribution in [3.05, 3.63) is 57.6 Å². The Morgan fingerprint density at radius 1 is 1.00 bits per heavy atom. The van der Waals surface area contributed by atoms with Crippen LogP contribution < -0.4 is 9.47 Å². The summed E-state index contributed by atoms with van der Waals surface area (Å²) in [5, 5.41) is 0.584. The molecule has 0 aliphatic heterocycles. The summed E-state index contributed by atoms with van der Waals surface area (Å²) in [4.78, 5) is 0. The quantitative estimate of drug-likeness (QED) is 0.696. The van der Waals surface area contributed by atoms with E-state index in [9.17, 15) is 0 Å². The van der Waals surface area contributed by atoms with Crippen molar-refractivity contribution in [2.24, 2.45) is 0 Å². The highest BCUT2D eigenvalue weighted by Gasteiger charge is 2.12. The van der Waals surface area contributed by atoms with Crippen LogP contribution in [0.25, 0.3) is 0 Å². The van der Waals surface area contributed by atoms with Crippen molar-refractivity contribution in [3.8, 4) is 11.5 Å². The molecule has 2 aromatic rings. The lowest BCUT2D eigenvalue weighted by molar-refractivity contribution is 0.282. The maximum absolute atomic E-state index is 6.04. The number of ether oxygens (including phenoxy) is 2. The molecule has 0 N–H and O–H groups in total. The number of aryl methyl sites for hydroxylation is 2. The molecule has 0 amide bonds. The summed E-state index contributed by atoms with van der Waals surface area (Å²) < 4.78 is 11.3. The summed E-state index contributed by atoms with van der Waals surface area (Å²) in [6, 6.07) is 9.88. The lowest BCUT2D eigenvalue weighted by Gasteiger charge is -2.15. The molecule has 0 aliphatic carbocycles. The van der Waals surface area contributed by atoms with Crippen LogP contribution in [-0.2, 0) is 12.5 Å². The molecule has 21 heavy (non-hydrogen) atoms. The molecule has 2 nitrogen and oxygen atoms in total. The second kappa shape index (κ2) is 7.06. The number of benzene rings is 2. The van der Waals surface area contributed by atoms with Crippen molar-refractivity contribution in [1.29, 1.82) is 0 Å². The van der Waals surface area contributed by atoms with Gasteiger partial charge >= 0.3 is 0 Å². The van der Waals surface area contributed by atoms with Crippen LogP contribution in [0.3, 0.4) is 0 Å². The molecule has 112 valence electrons. The van der Waals surface area contributed by atoms with Gasteiger partial charge < -0.3 is 9.47 Å². The number of halogens is 2. The Balaban J connectivity index is 2.26. The Kier molecular flexibility index (Phi) is 5.38. The summed E-state index contributed by atoms with van der Waals surface area (Å²) >= 11 is 12.0. The van der Waals surface area contributed by atoms with Gasteiger partial charge in [0.15, 0.2) is 11.5 Å². The predicted octanol–water partition coefficient (Wildman–Crippen LogP) is 5.28. The standard InChI is InChI=1S/C17H18Cl2O2/c1-11-4-12(2)6-13(5-11)10-21-17-14(9-18)7-15(19)8-16(17)20-3/h4-8H,9-10H2,1-3H3. The molecule has 4 heteroatoms. The molecule has 0 radical (unpaired) electrons. The van der Waals surface area contributed by atoms with Crippen molar-refractivity contribution in [2.75, 3.05) is 7.11 Å². The summed E-state index contributed by atoms with van der Waals surface area (Å²) in [5.41, 5.74) is 4.37. The lowest BCUT2D eigenvalue weighted by atomic mass is 10.1. The van der Waals surface area contributed by atoms with Gasteiger partial charge in [-0.05, 0) is 25.5 Å². The Hall–Kier alpha value is -1.38. The van der Waals surface area contributed by atoms with Gasteiger partial charge in [0, 0.05) is 16.7 Å². The molecule has 0 aliphatic rings. The third-order valence-electron chi connectivity index (χ3n) is 3.13. The predicted molar refractivity (Wildman–Crippen MR) is 87.8 cm³/mol. The van der Waals surface area contributed by atoms with Crippen molar-refractivity contribution in [2.45, 2.75) is 26.3 Å². The molecule has 0 bridgehead atoms. The molecule has 0 aromatic heterocycles. The first kappa shape index (κ1) is 16.0. The maximum Gasteiger partial charge on any atom is 0.166 e. The summed E-state index contributed by atoms with van der Waals surface area (Å²) in [7, 11) is 1.59. The first-order valence-corrected chi connectivity index (χ1v) is 7.57. The van der Waals surface area contributed by atoms with E-state index in [-0.39, 0.29) is 0 Å². The minimum Gasteiger partial charge on any atom is -0.493 e. The third kappa shape index (κ3) is 4.05. The zero-order chi connectivity index (χ0) is 15.4. The summed E-state index contributed by atoms with van der Waals surface area (Å²) in [6.07, 6.45) is 0. The van der Waals surface area contributed by atoms with E-state index in [1.807, 2.05) is 0 Å². The van der Waals surface area contributed by atoms with Gasteiger partial charge in [-0.15, -0.1) is 11.6 Å². The molecule has 0 saturated carbocycles. The molecule has 0 unspecified atom stereocenters. The monoisotopic (exact) mass is 324 g/mol. The third-order valence-corrected chi connectivity index (χ3v) is 3.63. The minimum absolute atomic E-state index is 0.319. The Bertz CT molecular complexity index is 593. The fourth-order valence-electron chi connectivity index (χ4n) is 2.35. The minimum atomic E-state index is 0.319. The van der Waals surface area contributed by atoms with E-state index >= 15 is 0 Å². The Morgan fingerprint density at radius 3 is 2.24 bits per heavy atom. The highest BCUT2D eigenvalue weighted by molar-refractivity contribution is 6.31. The fraction of sp³-hybridized carbons (Fsp3) is 0.294. The molecule has 0 spiro atoms. The normalized spacial score (nSPS) is 10.5. The second-order valence-corrected chi connectivity index (χ2v) is 5.72. The average Bonchev–Trinajstić information content (AvgIpc) is 2.43. The lowest BCUT2D eigenvalue weighted by Crippen LogP contribution is -2.01. The van der Waals surface area contributed by atoms with Crippen LogP contribution in [-0.4, -0.2) is 7.11 Å². The van der Waals surface area contributed by atoms with E-state index in [0.717, 1.165) is 11.1 Å². The molecule has 0 heterocycles. The molecule has 0 fully saturated rings. The van der Waals surface area contributed by atoms with Gasteiger partial charge in [-0.2, -0.15) is 0 Å². The number of hydrogen-bond acceptors (Lipinski definition) is 2. The van der Waals surface area contributed by atoms with Gasteiger partial charge in [0.1, 0.15) is 6.61 Å². The highest BCUT2D eigenvalue weighted by Crippen LogP contribution is 2.36. The zero-order valence-electron chi connectivity index (χ0n) is 12.4. The molecular weight excluding hydrogens is 307 g/mol. The van der Waals surface area contributed by atoms with Gasteiger partial charge in [0.2, 0.25) is 0 Å².